The van der Waals surface area contributed by atoms with Gasteiger partial charge in [0, 0.05) is 12.8 Å². The second kappa shape index (κ2) is 55.5. The summed E-state index contributed by atoms with van der Waals surface area (Å²) >= 11 is 0. The first kappa shape index (κ1) is 73.2. The average molecular weight is 1080 g/mol. The molecule has 0 fully saturated rings. The minimum Gasteiger partial charge on any atom is -0.756 e. The number of phosphoric acid groups is 1. The molecule has 442 valence electrons. The third-order valence-corrected chi connectivity index (χ3v) is 15.5. The van der Waals surface area contributed by atoms with Crippen LogP contribution in [0.3, 0.4) is 0 Å². The predicted octanol–water partition coefficient (Wildman–Crippen LogP) is 19.3. The minimum atomic E-state index is -4.69. The Balaban J connectivity index is 5.09. The van der Waals surface area contributed by atoms with E-state index >= 15 is 0 Å². The number of hydrogen-bond acceptors (Lipinski definition) is 7. The van der Waals surface area contributed by atoms with Crippen molar-refractivity contribution in [3.8, 4) is 0 Å². The number of nitrogens with zero attached hydrogens (tertiary/aromatic N) is 1. The number of nitrogens with one attached hydrogen (secondary N) is 1. The molecule has 0 bridgehead atoms. The van der Waals surface area contributed by atoms with E-state index in [1.807, 2.05) is 33.3 Å². The maximum absolute atomic E-state index is 13.5. The third-order valence-electron chi connectivity index (χ3n) is 14.6. The van der Waals surface area contributed by atoms with Crippen molar-refractivity contribution in [3.05, 3.63) is 36.5 Å². The molecular weight excluding hydrogens is 952 g/mol. The van der Waals surface area contributed by atoms with Crippen molar-refractivity contribution >= 4 is 19.7 Å². The lowest BCUT2D eigenvalue weighted by molar-refractivity contribution is -0.870. The van der Waals surface area contributed by atoms with Crippen LogP contribution in [-0.4, -0.2) is 69.4 Å². The molecule has 0 heterocycles. The monoisotopic (exact) mass is 1080 g/mol. The quantitative estimate of drug-likeness (QED) is 0.0212. The van der Waals surface area contributed by atoms with Gasteiger partial charge in [-0.05, 0) is 63.9 Å². The van der Waals surface area contributed by atoms with Gasteiger partial charge in [0.15, 0.2) is 0 Å². The van der Waals surface area contributed by atoms with Gasteiger partial charge in [0.25, 0.3) is 7.82 Å². The van der Waals surface area contributed by atoms with E-state index in [0.29, 0.717) is 17.4 Å². The highest BCUT2D eigenvalue weighted by Gasteiger charge is 2.27. The molecule has 3 atom stereocenters. The predicted molar refractivity (Wildman–Crippen MR) is 321 cm³/mol. The molecule has 0 aromatic rings. The number of phosphoric ester groups is 1. The van der Waals surface area contributed by atoms with Gasteiger partial charge in [-0.3, -0.25) is 14.2 Å². The van der Waals surface area contributed by atoms with Crippen molar-refractivity contribution in [2.75, 3.05) is 40.9 Å². The second-order valence-corrected chi connectivity index (χ2v) is 24.7. The first-order valence-corrected chi connectivity index (χ1v) is 33.8. The zero-order valence-corrected chi connectivity index (χ0v) is 51.4. The molecule has 75 heavy (non-hydrogen) atoms. The first-order chi connectivity index (χ1) is 36.4. The Bertz CT molecular complexity index is 1380. The molecule has 3 unspecified atom stereocenters. The zero-order valence-electron chi connectivity index (χ0n) is 50.5. The fraction of sp³-hybridized carbons (Fsp3) is 0.877. The number of hydrogen-bond donors (Lipinski definition) is 1. The number of amides is 1. The van der Waals surface area contributed by atoms with E-state index in [9.17, 15) is 19.0 Å². The minimum absolute atomic E-state index is 0.0195. The van der Waals surface area contributed by atoms with Crippen molar-refractivity contribution < 1.29 is 37.3 Å². The lowest BCUT2D eigenvalue weighted by Crippen LogP contribution is -2.47. The molecule has 0 aliphatic carbocycles. The number of ether oxygens (including phenoxy) is 1. The summed E-state index contributed by atoms with van der Waals surface area (Å²) in [6.07, 6.45) is 66.8. The fourth-order valence-corrected chi connectivity index (χ4v) is 10.3. The summed E-state index contributed by atoms with van der Waals surface area (Å²) < 4.78 is 30.3. The molecule has 10 heteroatoms. The summed E-state index contributed by atoms with van der Waals surface area (Å²) in [7, 11) is 1.20. The van der Waals surface area contributed by atoms with Crippen LogP contribution in [0.1, 0.15) is 316 Å². The van der Waals surface area contributed by atoms with Crippen LogP contribution < -0.4 is 10.2 Å². The van der Waals surface area contributed by atoms with Gasteiger partial charge >= 0.3 is 5.97 Å². The van der Waals surface area contributed by atoms with E-state index < -0.39 is 20.0 Å². The van der Waals surface area contributed by atoms with Crippen LogP contribution in [0.25, 0.3) is 0 Å². The Hall–Kier alpha value is -1.77. The number of allylic oxidation sites excluding steroid dienone is 5. The van der Waals surface area contributed by atoms with Crippen LogP contribution in [0.4, 0.5) is 0 Å². The molecule has 0 radical (unpaired) electrons. The van der Waals surface area contributed by atoms with Gasteiger partial charge in [0.1, 0.15) is 19.3 Å². The largest absolute Gasteiger partial charge is 0.756 e. The number of rotatable bonds is 59. The van der Waals surface area contributed by atoms with E-state index in [1.165, 1.54) is 218 Å². The van der Waals surface area contributed by atoms with E-state index in [2.05, 4.69) is 50.4 Å². The Morgan fingerprint density at radius 2 is 0.813 bits per heavy atom. The van der Waals surface area contributed by atoms with Gasteiger partial charge in [-0.15, -0.1) is 0 Å². The molecule has 9 nitrogen and oxygen atoms in total. The van der Waals surface area contributed by atoms with Gasteiger partial charge < -0.3 is 28.5 Å². The highest BCUT2D eigenvalue weighted by molar-refractivity contribution is 7.45. The molecule has 1 N–H and O–H groups in total. The molecule has 0 aromatic carbocycles. The zero-order chi connectivity index (χ0) is 55.0. The van der Waals surface area contributed by atoms with E-state index in [-0.39, 0.29) is 31.5 Å². The van der Waals surface area contributed by atoms with Crippen LogP contribution in [0.5, 0.6) is 0 Å². The van der Waals surface area contributed by atoms with E-state index in [0.717, 1.165) is 64.2 Å². The number of carbonyl (C=O) groups is 2. The van der Waals surface area contributed by atoms with Crippen molar-refractivity contribution in [2.24, 2.45) is 0 Å². The van der Waals surface area contributed by atoms with Gasteiger partial charge in [-0.25, -0.2) is 0 Å². The Morgan fingerprint density at radius 1 is 0.467 bits per heavy atom. The summed E-state index contributed by atoms with van der Waals surface area (Å²) in [5.41, 5.74) is 0. The molecule has 0 aliphatic rings. The molecule has 0 saturated carbocycles. The summed E-state index contributed by atoms with van der Waals surface area (Å²) in [5.74, 6) is -0.527. The third kappa shape index (κ3) is 56.8. The molecule has 0 aliphatic heterocycles. The molecule has 0 spiro atoms. The number of unbranched alkanes of at least 4 members (excludes halogenated alkanes) is 39. The van der Waals surface area contributed by atoms with E-state index in [4.69, 9.17) is 13.8 Å². The molecular formula is C65H125N2O7P. The second-order valence-electron chi connectivity index (χ2n) is 23.3. The summed E-state index contributed by atoms with van der Waals surface area (Å²) in [6, 6.07) is -0.883. The van der Waals surface area contributed by atoms with E-state index in [1.54, 1.807) is 0 Å². The lowest BCUT2D eigenvalue weighted by Gasteiger charge is -2.30. The van der Waals surface area contributed by atoms with Gasteiger partial charge in [0.05, 0.1) is 33.8 Å². The van der Waals surface area contributed by atoms with Crippen LogP contribution >= 0.6 is 7.82 Å². The highest BCUT2D eigenvalue weighted by Crippen LogP contribution is 2.38. The fourth-order valence-electron chi connectivity index (χ4n) is 9.55. The number of quaternary nitrogens is 1. The maximum Gasteiger partial charge on any atom is 0.306 e. The average Bonchev–Trinajstić information content (AvgIpc) is 3.37. The van der Waals surface area contributed by atoms with Gasteiger partial charge in [-0.1, -0.05) is 276 Å². The molecule has 0 aromatic heterocycles. The van der Waals surface area contributed by atoms with Crippen molar-refractivity contribution in [2.45, 2.75) is 328 Å². The normalized spacial score (nSPS) is 13.9. The smallest absolute Gasteiger partial charge is 0.306 e. The van der Waals surface area contributed by atoms with Crippen LogP contribution in [0.2, 0.25) is 0 Å². The maximum atomic E-state index is 13.5. The van der Waals surface area contributed by atoms with Crippen LogP contribution in [0.15, 0.2) is 36.5 Å². The van der Waals surface area contributed by atoms with Gasteiger partial charge in [0.2, 0.25) is 5.91 Å². The Morgan fingerprint density at radius 3 is 1.23 bits per heavy atom. The Labute approximate surface area is 466 Å². The van der Waals surface area contributed by atoms with Crippen LogP contribution in [0, 0.1) is 0 Å². The molecule has 1 amide bonds. The summed E-state index contributed by atoms with van der Waals surface area (Å²) in [6.45, 7) is 6.85. The van der Waals surface area contributed by atoms with Crippen LogP contribution in [-0.2, 0) is 27.9 Å². The molecule has 0 rings (SSSR count). The topological polar surface area (TPSA) is 114 Å². The Kier molecular flexibility index (Phi) is 54.2. The highest BCUT2D eigenvalue weighted by atomic mass is 31.2. The summed E-state index contributed by atoms with van der Waals surface area (Å²) in [5, 5.41) is 3.03. The van der Waals surface area contributed by atoms with Crippen molar-refractivity contribution in [1.29, 1.82) is 0 Å². The standard InChI is InChI=1S/C65H125N2O7P/c1-7-10-13-16-19-22-25-27-29-30-31-32-33-34-35-36-38-40-43-46-49-52-55-58-65(69)74-63(56-53-50-47-44-41-24-21-18-15-12-9-3)62(61-73-75(70,71)72-60-59-67(4,5)6)66-64(68)57-54-51-48-45-42-39-37-28-26-23-20-17-14-11-8-2/h19,22,27,29,53,56,62-63H,7-18,20-21,23-26,28,30-52,54-55,57-61H2,1-6H3,(H-,66,68,70,71)/b22-19-,29-27-,56-53+. The van der Waals surface area contributed by atoms with Crippen molar-refractivity contribution in [3.63, 3.8) is 0 Å². The van der Waals surface area contributed by atoms with Crippen molar-refractivity contribution in [1.82, 2.24) is 5.32 Å². The summed E-state index contributed by atoms with van der Waals surface area (Å²) in [4.78, 5) is 40.0. The lowest BCUT2D eigenvalue weighted by atomic mass is 10.0. The first-order valence-electron chi connectivity index (χ1n) is 32.3. The molecule has 0 saturated heterocycles. The number of esters is 1. The van der Waals surface area contributed by atoms with Gasteiger partial charge in [-0.2, -0.15) is 0 Å². The number of carbonyl (C=O) groups excluding carboxylic acids is 2. The number of likely N-dealkylation sites (N-methyl/N-ethyl adjacent to an activating group) is 1. The SMILES string of the molecule is CCCCC/C=C\C/C=C\CCCCCCCCCCCCCCCC(=O)OC(/C=C/CCCCCCCCCCC)C(COP(=O)([O-])OCC[N+](C)(C)C)NC(=O)CCCCCCCCCCCCCCCCC.